The fourth-order valence-corrected chi connectivity index (χ4v) is 13.4. The summed E-state index contributed by atoms with van der Waals surface area (Å²) in [6.07, 6.45) is -8.52. The van der Waals surface area contributed by atoms with Gasteiger partial charge in [0, 0.05) is 17.8 Å². The van der Waals surface area contributed by atoms with Crippen LogP contribution in [0.3, 0.4) is 0 Å². The highest BCUT2D eigenvalue weighted by atomic mass is 16.8. The number of aliphatic hydroxyl groups excluding tert-OH is 8. The summed E-state index contributed by atoms with van der Waals surface area (Å²) in [5, 5.41) is 84.7. The molecule has 16 nitrogen and oxygen atoms in total. The molecule has 7 fully saturated rings. The normalized spacial score (nSPS) is 55.1. The first-order chi connectivity index (χ1) is 29.3. The molecule has 3 saturated carbocycles. The number of aliphatic hydroxyl groups is 8. The number of ketones is 1. The van der Waals surface area contributed by atoms with Gasteiger partial charge in [-0.3, -0.25) is 4.79 Å². The van der Waals surface area contributed by atoms with Crippen molar-refractivity contribution < 1.29 is 78.8 Å². The average Bonchev–Trinajstić information content (AvgIpc) is 3.61. The summed E-state index contributed by atoms with van der Waals surface area (Å²) in [4.78, 5) is 14.3. The van der Waals surface area contributed by atoms with Gasteiger partial charge in [0.1, 0.15) is 48.8 Å². The topological polar surface area (TPSA) is 244 Å². The van der Waals surface area contributed by atoms with E-state index in [0.29, 0.717) is 18.8 Å². The van der Waals surface area contributed by atoms with Crippen LogP contribution in [0.4, 0.5) is 0 Å². The monoisotopic (exact) mass is 882 g/mol. The molecule has 8 N–H and O–H groups in total. The molecule has 0 aromatic carbocycles. The van der Waals surface area contributed by atoms with Crippen molar-refractivity contribution in [3.05, 3.63) is 11.6 Å². The van der Waals surface area contributed by atoms with E-state index in [2.05, 4.69) is 27.7 Å². The average molecular weight is 883 g/mol. The van der Waals surface area contributed by atoms with E-state index in [0.717, 1.165) is 44.9 Å². The van der Waals surface area contributed by atoms with Crippen LogP contribution in [0.15, 0.2) is 11.6 Å². The number of fused-ring (bicyclic) bond motifs is 5. The van der Waals surface area contributed by atoms with Gasteiger partial charge in [-0.15, -0.1) is 0 Å². The van der Waals surface area contributed by atoms with Gasteiger partial charge in [-0.1, -0.05) is 40.2 Å². The Balaban J connectivity index is 0.899. The van der Waals surface area contributed by atoms with E-state index in [9.17, 15) is 45.6 Å². The van der Waals surface area contributed by atoms with Gasteiger partial charge in [0.2, 0.25) is 0 Å². The number of carbonyl (C=O) groups excluding carboxylic acids is 1. The summed E-state index contributed by atoms with van der Waals surface area (Å²) >= 11 is 0. The van der Waals surface area contributed by atoms with E-state index >= 15 is 0 Å². The zero-order valence-electron chi connectivity index (χ0n) is 37.3. The van der Waals surface area contributed by atoms with Crippen LogP contribution in [0.2, 0.25) is 0 Å². The number of hydrogen-bond acceptors (Lipinski definition) is 16. The standard InChI is InChI=1S/C46H74O16/c1-19-8-11-31(59-41(19)62-42-34(50)21(3)33(49)22(4)56-42)20(2)26-9-10-27-25-17-30(48)29-16-24(12-14-46(29,7)28(25)13-15-45(26,27)6)58-44-39(55)37(53)40(32(18-47)60-44)61-43-38(54)36(52)35(51)23(5)57-43/h17,19-24,26-29,31-44,47,49-55H,8-16,18H2,1-7H3. The summed E-state index contributed by atoms with van der Waals surface area (Å²) in [5.41, 5.74) is 1.02. The molecule has 4 heterocycles. The summed E-state index contributed by atoms with van der Waals surface area (Å²) in [6, 6.07) is 0. The minimum Gasteiger partial charge on any atom is -0.394 e. The first-order valence-electron chi connectivity index (χ1n) is 23.5. The molecule has 0 spiro atoms. The lowest BCUT2D eigenvalue weighted by Gasteiger charge is -2.57. The van der Waals surface area contributed by atoms with Crippen LogP contribution in [0, 0.1) is 52.3 Å². The minimum absolute atomic E-state index is 0.00137. The van der Waals surface area contributed by atoms with Gasteiger partial charge >= 0.3 is 0 Å². The van der Waals surface area contributed by atoms with E-state index in [1.807, 2.05) is 6.08 Å². The van der Waals surface area contributed by atoms with E-state index in [-0.39, 0.29) is 58.2 Å². The predicted molar refractivity (Wildman–Crippen MR) is 218 cm³/mol. The fourth-order valence-electron chi connectivity index (χ4n) is 13.4. The first kappa shape index (κ1) is 47.3. The third-order valence-electron chi connectivity index (χ3n) is 17.5. The van der Waals surface area contributed by atoms with Gasteiger partial charge in [-0.25, -0.2) is 0 Å². The molecule has 8 aliphatic rings. The summed E-state index contributed by atoms with van der Waals surface area (Å²) in [6.45, 7) is 13.6. The quantitative estimate of drug-likeness (QED) is 0.164. The zero-order valence-corrected chi connectivity index (χ0v) is 37.3. The van der Waals surface area contributed by atoms with Crippen LogP contribution >= 0.6 is 0 Å². The molecule has 26 atom stereocenters. The van der Waals surface area contributed by atoms with Crippen molar-refractivity contribution in [2.75, 3.05) is 6.61 Å². The number of ether oxygens (including phenoxy) is 7. The number of rotatable bonds is 9. The molecule has 4 aliphatic heterocycles. The molecule has 8 rings (SSSR count). The molecule has 4 saturated heterocycles. The molecule has 0 radical (unpaired) electrons. The molecule has 0 amide bonds. The SMILES string of the molecule is CC1CCC(C(C)C2CCC3C4=CC(=O)C5CC(OC6OC(CO)C(OC7OC(C)C(O)C(O)C7O)C(O)C6O)CCC5(C)C4CCC32C)OC1OC1OC(C)C(O)C(C)C1O. The molecule has 16 heteroatoms. The van der Waals surface area contributed by atoms with Gasteiger partial charge in [-0.05, 0) is 112 Å². The van der Waals surface area contributed by atoms with E-state index in [1.165, 1.54) is 12.5 Å². The van der Waals surface area contributed by atoms with Gasteiger partial charge in [-0.2, -0.15) is 0 Å². The lowest BCUT2D eigenvalue weighted by Crippen LogP contribution is -2.64. The highest BCUT2D eigenvalue weighted by Crippen LogP contribution is 2.67. The molecule has 26 unspecified atom stereocenters. The number of carbonyl (C=O) groups is 1. The van der Waals surface area contributed by atoms with Crippen LogP contribution in [-0.4, -0.2) is 158 Å². The Morgan fingerprint density at radius 1 is 0.645 bits per heavy atom. The second kappa shape index (κ2) is 18.1. The van der Waals surface area contributed by atoms with Crippen molar-refractivity contribution in [1.82, 2.24) is 0 Å². The number of hydrogen-bond donors (Lipinski definition) is 8. The third-order valence-corrected chi connectivity index (χ3v) is 17.5. The highest BCUT2D eigenvalue weighted by molar-refractivity contribution is 5.94. The van der Waals surface area contributed by atoms with Crippen LogP contribution < -0.4 is 0 Å². The Labute approximate surface area is 365 Å². The van der Waals surface area contributed by atoms with Crippen molar-refractivity contribution in [2.24, 2.45) is 52.3 Å². The van der Waals surface area contributed by atoms with Crippen LogP contribution in [0.25, 0.3) is 0 Å². The molecule has 0 aromatic rings. The highest BCUT2D eigenvalue weighted by Gasteiger charge is 2.61. The van der Waals surface area contributed by atoms with Crippen molar-refractivity contribution in [3.63, 3.8) is 0 Å². The van der Waals surface area contributed by atoms with Crippen molar-refractivity contribution in [1.29, 1.82) is 0 Å². The second-order valence-corrected chi connectivity index (χ2v) is 21.1. The molecular weight excluding hydrogens is 808 g/mol. The number of allylic oxidation sites excluding steroid dienone is 2. The second-order valence-electron chi connectivity index (χ2n) is 21.1. The maximum Gasteiger partial charge on any atom is 0.187 e. The van der Waals surface area contributed by atoms with Crippen LogP contribution in [0.5, 0.6) is 0 Å². The van der Waals surface area contributed by atoms with E-state index in [4.69, 9.17) is 33.2 Å². The first-order valence-corrected chi connectivity index (χ1v) is 23.5. The Hall–Kier alpha value is -1.19. The summed E-state index contributed by atoms with van der Waals surface area (Å²) in [5.74, 6) is 0.701. The smallest absolute Gasteiger partial charge is 0.187 e. The van der Waals surface area contributed by atoms with E-state index in [1.54, 1.807) is 13.8 Å². The Kier molecular flexibility index (Phi) is 13.8. The van der Waals surface area contributed by atoms with Gasteiger partial charge in [0.05, 0.1) is 37.1 Å². The summed E-state index contributed by atoms with van der Waals surface area (Å²) < 4.78 is 42.6. The lowest BCUT2D eigenvalue weighted by atomic mass is 9.47. The molecule has 0 bridgehead atoms. The van der Waals surface area contributed by atoms with Crippen molar-refractivity contribution in [2.45, 2.75) is 211 Å². The minimum atomic E-state index is -1.66. The lowest BCUT2D eigenvalue weighted by molar-refractivity contribution is -0.361. The largest absolute Gasteiger partial charge is 0.394 e. The maximum absolute atomic E-state index is 14.3. The molecule has 0 aromatic heterocycles. The summed E-state index contributed by atoms with van der Waals surface area (Å²) in [7, 11) is 0. The Bertz CT molecular complexity index is 1610. The van der Waals surface area contributed by atoms with Gasteiger partial charge in [0.25, 0.3) is 0 Å². The molecule has 4 aliphatic carbocycles. The van der Waals surface area contributed by atoms with Gasteiger partial charge < -0.3 is 74.0 Å². The molecule has 62 heavy (non-hydrogen) atoms. The molecular formula is C46H74O16. The Morgan fingerprint density at radius 3 is 1.98 bits per heavy atom. The molecule has 354 valence electrons. The maximum atomic E-state index is 14.3. The van der Waals surface area contributed by atoms with Crippen molar-refractivity contribution >= 4 is 5.78 Å². The van der Waals surface area contributed by atoms with Crippen molar-refractivity contribution in [3.8, 4) is 0 Å². The Morgan fingerprint density at radius 2 is 1.27 bits per heavy atom. The van der Waals surface area contributed by atoms with Crippen LogP contribution in [0.1, 0.15) is 106 Å². The zero-order chi connectivity index (χ0) is 44.7. The van der Waals surface area contributed by atoms with E-state index < -0.39 is 105 Å². The fraction of sp³-hybridized carbons (Fsp3) is 0.935. The van der Waals surface area contributed by atoms with Crippen LogP contribution in [-0.2, 0) is 38.0 Å². The van der Waals surface area contributed by atoms with Gasteiger partial charge in [0.15, 0.2) is 30.9 Å². The predicted octanol–water partition coefficient (Wildman–Crippen LogP) is 1.68. The third kappa shape index (κ3) is 8.20.